The highest BCUT2D eigenvalue weighted by atomic mass is 15.1. The van der Waals surface area contributed by atoms with Gasteiger partial charge in [-0.25, -0.2) is 0 Å². The van der Waals surface area contributed by atoms with Gasteiger partial charge in [0.15, 0.2) is 0 Å². The molecule has 0 fully saturated rings. The summed E-state index contributed by atoms with van der Waals surface area (Å²) in [5.74, 6) is 0. The van der Waals surface area contributed by atoms with E-state index in [4.69, 9.17) is 0 Å². The van der Waals surface area contributed by atoms with Gasteiger partial charge in [-0.2, -0.15) is 5.10 Å². The molecule has 0 radical (unpaired) electrons. The molecular weight excluding hydrogens is 258 g/mol. The molecule has 21 heavy (non-hydrogen) atoms. The first-order chi connectivity index (χ1) is 10.3. The first-order valence-corrected chi connectivity index (χ1v) is 7.16. The summed E-state index contributed by atoms with van der Waals surface area (Å²) in [5, 5.41) is 10.5. The number of H-pyrrole nitrogens is 1. The molecule has 1 unspecified atom stereocenters. The summed E-state index contributed by atoms with van der Waals surface area (Å²) >= 11 is 0. The first kappa shape index (κ1) is 13.6. The molecule has 1 heterocycles. The molecule has 0 aliphatic rings. The molecule has 1 atom stereocenters. The Labute approximate surface area is 125 Å². The van der Waals surface area contributed by atoms with Crippen LogP contribution in [0.4, 0.5) is 0 Å². The van der Waals surface area contributed by atoms with E-state index in [1.54, 1.807) is 0 Å². The lowest BCUT2D eigenvalue weighted by Gasteiger charge is -2.21. The van der Waals surface area contributed by atoms with Crippen LogP contribution in [0.1, 0.15) is 28.3 Å². The summed E-state index contributed by atoms with van der Waals surface area (Å²) in [5.41, 5.74) is 5.04. The summed E-state index contributed by atoms with van der Waals surface area (Å²) in [4.78, 5) is 0. The number of benzene rings is 2. The highest BCUT2D eigenvalue weighted by molar-refractivity contribution is 5.36. The summed E-state index contributed by atoms with van der Waals surface area (Å²) in [6, 6.07) is 19.3. The molecule has 2 aromatic carbocycles. The third-order valence-electron chi connectivity index (χ3n) is 3.70. The van der Waals surface area contributed by atoms with Crippen LogP contribution in [0.3, 0.4) is 0 Å². The summed E-state index contributed by atoms with van der Waals surface area (Å²) < 4.78 is 0. The standard InChI is InChI=1S/C18H19N3/c1-14-7-5-6-10-17(14)18(16-8-3-2-4-9-16)19-11-15-12-20-21-13-15/h2-10,12-13,18-19H,11H2,1H3,(H,20,21). The maximum atomic E-state index is 4.00. The zero-order chi connectivity index (χ0) is 14.5. The van der Waals surface area contributed by atoms with Crippen LogP contribution < -0.4 is 5.32 Å². The minimum absolute atomic E-state index is 0.183. The molecule has 1 aromatic heterocycles. The number of nitrogens with one attached hydrogen (secondary N) is 2. The molecule has 2 N–H and O–H groups in total. The number of aromatic amines is 1. The molecule has 3 nitrogen and oxygen atoms in total. The fourth-order valence-corrected chi connectivity index (χ4v) is 2.56. The summed E-state index contributed by atoms with van der Waals surface area (Å²) in [6.07, 6.45) is 3.78. The highest BCUT2D eigenvalue weighted by Gasteiger charge is 2.15. The lowest BCUT2D eigenvalue weighted by atomic mass is 9.95. The Bertz CT molecular complexity index is 675. The van der Waals surface area contributed by atoms with Crippen LogP contribution in [-0.4, -0.2) is 10.2 Å². The van der Waals surface area contributed by atoms with Crippen LogP contribution in [0.2, 0.25) is 0 Å². The molecule has 0 aliphatic heterocycles. The molecule has 3 rings (SSSR count). The minimum atomic E-state index is 0.183. The van der Waals surface area contributed by atoms with Crippen molar-refractivity contribution in [2.45, 2.75) is 19.5 Å². The molecule has 0 bridgehead atoms. The second-order valence-corrected chi connectivity index (χ2v) is 5.19. The van der Waals surface area contributed by atoms with Crippen LogP contribution in [0.5, 0.6) is 0 Å². The van der Waals surface area contributed by atoms with Crippen molar-refractivity contribution in [1.82, 2.24) is 15.5 Å². The predicted octanol–water partition coefficient (Wildman–Crippen LogP) is 3.60. The first-order valence-electron chi connectivity index (χ1n) is 7.16. The van der Waals surface area contributed by atoms with Crippen LogP contribution in [0.15, 0.2) is 67.0 Å². The number of aromatic nitrogens is 2. The number of rotatable bonds is 5. The van der Waals surface area contributed by atoms with E-state index in [1.807, 2.05) is 12.4 Å². The van der Waals surface area contributed by atoms with Gasteiger partial charge in [0.2, 0.25) is 0 Å². The van der Waals surface area contributed by atoms with Gasteiger partial charge in [-0.05, 0) is 23.6 Å². The van der Waals surface area contributed by atoms with E-state index >= 15 is 0 Å². The van der Waals surface area contributed by atoms with Crippen molar-refractivity contribution in [3.8, 4) is 0 Å². The van der Waals surface area contributed by atoms with Crippen molar-refractivity contribution in [1.29, 1.82) is 0 Å². The van der Waals surface area contributed by atoms with Gasteiger partial charge in [0.25, 0.3) is 0 Å². The number of aryl methyl sites for hydroxylation is 1. The van der Waals surface area contributed by atoms with Crippen LogP contribution in [-0.2, 0) is 6.54 Å². The van der Waals surface area contributed by atoms with E-state index in [0.717, 1.165) is 12.1 Å². The Morgan fingerprint density at radius 3 is 2.52 bits per heavy atom. The summed E-state index contributed by atoms with van der Waals surface area (Å²) in [6.45, 7) is 2.94. The smallest absolute Gasteiger partial charge is 0.0581 e. The number of nitrogens with zero attached hydrogens (tertiary/aromatic N) is 1. The van der Waals surface area contributed by atoms with Crippen LogP contribution in [0, 0.1) is 6.92 Å². The Hall–Kier alpha value is -2.39. The van der Waals surface area contributed by atoms with E-state index in [0.29, 0.717) is 0 Å². The lowest BCUT2D eigenvalue weighted by Crippen LogP contribution is -2.22. The fraction of sp³-hybridized carbons (Fsp3) is 0.167. The van der Waals surface area contributed by atoms with Gasteiger partial charge in [0.05, 0.1) is 12.2 Å². The van der Waals surface area contributed by atoms with E-state index in [9.17, 15) is 0 Å². The number of hydrogen-bond acceptors (Lipinski definition) is 2. The van der Waals surface area contributed by atoms with Crippen molar-refractivity contribution in [2.75, 3.05) is 0 Å². The van der Waals surface area contributed by atoms with Gasteiger partial charge in [0, 0.05) is 18.3 Å². The van der Waals surface area contributed by atoms with Gasteiger partial charge in [-0.3, -0.25) is 5.10 Å². The third kappa shape index (κ3) is 3.20. The zero-order valence-corrected chi connectivity index (χ0v) is 12.1. The van der Waals surface area contributed by atoms with Gasteiger partial charge >= 0.3 is 0 Å². The molecule has 0 saturated heterocycles. The van der Waals surface area contributed by atoms with Crippen LogP contribution >= 0.6 is 0 Å². The highest BCUT2D eigenvalue weighted by Crippen LogP contribution is 2.25. The molecule has 0 saturated carbocycles. The molecule has 0 amide bonds. The third-order valence-corrected chi connectivity index (χ3v) is 3.70. The Kier molecular flexibility index (Phi) is 4.12. The second kappa shape index (κ2) is 6.37. The van der Waals surface area contributed by atoms with Crippen molar-refractivity contribution in [3.63, 3.8) is 0 Å². The Morgan fingerprint density at radius 1 is 1.05 bits per heavy atom. The largest absolute Gasteiger partial charge is 0.302 e. The molecule has 3 heteroatoms. The zero-order valence-electron chi connectivity index (χ0n) is 12.1. The van der Waals surface area contributed by atoms with Gasteiger partial charge < -0.3 is 5.32 Å². The minimum Gasteiger partial charge on any atom is -0.302 e. The van der Waals surface area contributed by atoms with Crippen molar-refractivity contribution >= 4 is 0 Å². The average Bonchev–Trinajstić information content (AvgIpc) is 3.04. The average molecular weight is 277 g/mol. The molecular formula is C18H19N3. The summed E-state index contributed by atoms with van der Waals surface area (Å²) in [7, 11) is 0. The van der Waals surface area contributed by atoms with Crippen LogP contribution in [0.25, 0.3) is 0 Å². The fourth-order valence-electron chi connectivity index (χ4n) is 2.56. The molecule has 3 aromatic rings. The van der Waals surface area contributed by atoms with E-state index < -0.39 is 0 Å². The maximum absolute atomic E-state index is 4.00. The molecule has 106 valence electrons. The van der Waals surface area contributed by atoms with E-state index in [-0.39, 0.29) is 6.04 Å². The van der Waals surface area contributed by atoms with Gasteiger partial charge in [-0.15, -0.1) is 0 Å². The predicted molar refractivity (Wildman–Crippen MR) is 84.9 cm³/mol. The van der Waals surface area contributed by atoms with Gasteiger partial charge in [-0.1, -0.05) is 54.6 Å². The second-order valence-electron chi connectivity index (χ2n) is 5.19. The van der Waals surface area contributed by atoms with Crippen molar-refractivity contribution < 1.29 is 0 Å². The quantitative estimate of drug-likeness (QED) is 0.748. The van der Waals surface area contributed by atoms with E-state index in [2.05, 4.69) is 77.0 Å². The molecule has 0 spiro atoms. The lowest BCUT2D eigenvalue weighted by molar-refractivity contribution is 0.603. The SMILES string of the molecule is Cc1ccccc1C(NCc1cn[nH]c1)c1ccccc1. The normalized spacial score (nSPS) is 12.2. The molecule has 0 aliphatic carbocycles. The Morgan fingerprint density at radius 2 is 1.81 bits per heavy atom. The van der Waals surface area contributed by atoms with Crippen molar-refractivity contribution in [3.05, 3.63) is 89.2 Å². The monoisotopic (exact) mass is 277 g/mol. The van der Waals surface area contributed by atoms with Crippen molar-refractivity contribution in [2.24, 2.45) is 0 Å². The Balaban J connectivity index is 1.90. The maximum Gasteiger partial charge on any atom is 0.0581 e. The van der Waals surface area contributed by atoms with Gasteiger partial charge in [0.1, 0.15) is 0 Å². The topological polar surface area (TPSA) is 40.7 Å². The number of hydrogen-bond donors (Lipinski definition) is 2. The van der Waals surface area contributed by atoms with E-state index in [1.165, 1.54) is 16.7 Å².